The van der Waals surface area contributed by atoms with Crippen LogP contribution in [0.2, 0.25) is 0 Å². The Kier molecular flexibility index (Phi) is 6.45. The van der Waals surface area contributed by atoms with E-state index >= 15 is 0 Å². The monoisotopic (exact) mass is 307 g/mol. The molecule has 2 N–H and O–H groups in total. The van der Waals surface area contributed by atoms with Crippen molar-refractivity contribution in [2.75, 3.05) is 32.7 Å². The Morgan fingerprint density at radius 2 is 2.05 bits per heavy atom. The van der Waals surface area contributed by atoms with Crippen molar-refractivity contribution in [1.82, 2.24) is 15.5 Å². The molecule has 1 fully saturated rings. The fourth-order valence-corrected chi connectivity index (χ4v) is 2.63. The number of hydrogen-bond donors (Lipinski definition) is 2. The lowest BCUT2D eigenvalue weighted by Crippen LogP contribution is -2.44. The van der Waals surface area contributed by atoms with Crippen LogP contribution >= 0.6 is 0 Å². The molecule has 22 heavy (non-hydrogen) atoms. The van der Waals surface area contributed by atoms with Crippen molar-refractivity contribution >= 4 is 11.8 Å². The SMILES string of the molecule is CCCNCCNC(=O)C1CCN(C(=O)c2ccoc2)CC1. The Morgan fingerprint density at radius 3 is 2.68 bits per heavy atom. The van der Waals surface area contributed by atoms with Crippen molar-refractivity contribution < 1.29 is 14.0 Å². The topological polar surface area (TPSA) is 74.6 Å². The van der Waals surface area contributed by atoms with Crippen molar-refractivity contribution in [1.29, 1.82) is 0 Å². The van der Waals surface area contributed by atoms with Gasteiger partial charge in [0.2, 0.25) is 5.91 Å². The van der Waals surface area contributed by atoms with Gasteiger partial charge in [0.1, 0.15) is 6.26 Å². The molecule has 0 saturated carbocycles. The van der Waals surface area contributed by atoms with Gasteiger partial charge in [-0.1, -0.05) is 6.92 Å². The molecule has 1 aromatic heterocycles. The lowest BCUT2D eigenvalue weighted by molar-refractivity contribution is -0.126. The van der Waals surface area contributed by atoms with E-state index in [9.17, 15) is 9.59 Å². The predicted molar refractivity (Wildman–Crippen MR) is 83.5 cm³/mol. The minimum absolute atomic E-state index is 0.0135. The molecular weight excluding hydrogens is 282 g/mol. The van der Waals surface area contributed by atoms with Gasteiger partial charge in [0, 0.05) is 32.1 Å². The van der Waals surface area contributed by atoms with Crippen molar-refractivity contribution in [3.8, 4) is 0 Å². The Labute approximate surface area is 131 Å². The van der Waals surface area contributed by atoms with Crippen LogP contribution < -0.4 is 10.6 Å². The van der Waals surface area contributed by atoms with Crippen molar-refractivity contribution in [2.24, 2.45) is 5.92 Å². The molecular formula is C16H25N3O3. The van der Waals surface area contributed by atoms with Gasteiger partial charge < -0.3 is 20.0 Å². The van der Waals surface area contributed by atoms with Gasteiger partial charge in [-0.25, -0.2) is 0 Å². The summed E-state index contributed by atoms with van der Waals surface area (Å²) >= 11 is 0. The molecule has 0 unspecified atom stereocenters. The quantitative estimate of drug-likeness (QED) is 0.744. The molecule has 1 aliphatic rings. The zero-order chi connectivity index (χ0) is 15.8. The third-order valence-corrected chi connectivity index (χ3v) is 3.95. The first-order valence-corrected chi connectivity index (χ1v) is 8.02. The number of hydrogen-bond acceptors (Lipinski definition) is 4. The molecule has 1 aromatic rings. The molecule has 6 heteroatoms. The van der Waals surface area contributed by atoms with Crippen molar-refractivity contribution in [3.05, 3.63) is 24.2 Å². The molecule has 0 aliphatic carbocycles. The lowest BCUT2D eigenvalue weighted by atomic mass is 9.95. The highest BCUT2D eigenvalue weighted by Crippen LogP contribution is 2.19. The number of nitrogens with one attached hydrogen (secondary N) is 2. The number of rotatable bonds is 7. The Bertz CT molecular complexity index is 465. The highest BCUT2D eigenvalue weighted by atomic mass is 16.3. The number of furan rings is 1. The molecule has 0 bridgehead atoms. The third-order valence-electron chi connectivity index (χ3n) is 3.95. The maximum Gasteiger partial charge on any atom is 0.257 e. The number of likely N-dealkylation sites (tertiary alicyclic amines) is 1. The molecule has 0 spiro atoms. The standard InChI is InChI=1S/C16H25N3O3/c1-2-6-17-7-8-18-15(20)13-3-9-19(10-4-13)16(21)14-5-11-22-12-14/h5,11-13,17H,2-4,6-10H2,1H3,(H,18,20). The smallest absolute Gasteiger partial charge is 0.257 e. The van der Waals surface area contributed by atoms with E-state index < -0.39 is 0 Å². The molecule has 2 amide bonds. The molecule has 0 aromatic carbocycles. The first-order valence-electron chi connectivity index (χ1n) is 8.02. The number of nitrogens with zero attached hydrogens (tertiary/aromatic N) is 1. The van der Waals surface area contributed by atoms with Crippen LogP contribution in [0.4, 0.5) is 0 Å². The fourth-order valence-electron chi connectivity index (χ4n) is 2.63. The lowest BCUT2D eigenvalue weighted by Gasteiger charge is -2.31. The van der Waals surface area contributed by atoms with Crippen LogP contribution in [0, 0.1) is 5.92 Å². The average Bonchev–Trinajstić information content (AvgIpc) is 3.08. The summed E-state index contributed by atoms with van der Waals surface area (Å²) in [6.07, 6.45) is 5.50. The average molecular weight is 307 g/mol. The zero-order valence-corrected chi connectivity index (χ0v) is 13.1. The summed E-state index contributed by atoms with van der Waals surface area (Å²) in [7, 11) is 0. The fraction of sp³-hybridized carbons (Fsp3) is 0.625. The maximum atomic E-state index is 12.2. The maximum absolute atomic E-state index is 12.2. The normalized spacial score (nSPS) is 15.8. The number of amides is 2. The molecule has 2 rings (SSSR count). The molecule has 2 heterocycles. The van der Waals surface area contributed by atoms with E-state index in [2.05, 4.69) is 17.6 Å². The summed E-state index contributed by atoms with van der Waals surface area (Å²) in [6, 6.07) is 1.67. The minimum atomic E-state index is -0.0172. The summed E-state index contributed by atoms with van der Waals surface area (Å²) in [5.41, 5.74) is 0.574. The molecule has 1 aliphatic heterocycles. The van der Waals surface area contributed by atoms with Crippen LogP contribution in [0.15, 0.2) is 23.0 Å². The molecule has 122 valence electrons. The highest BCUT2D eigenvalue weighted by Gasteiger charge is 2.27. The van der Waals surface area contributed by atoms with Crippen LogP contribution in [0.25, 0.3) is 0 Å². The van der Waals surface area contributed by atoms with Crippen LogP contribution in [-0.2, 0) is 4.79 Å². The Balaban J connectivity index is 1.68. The van der Waals surface area contributed by atoms with Crippen LogP contribution in [0.5, 0.6) is 0 Å². The largest absolute Gasteiger partial charge is 0.472 e. The summed E-state index contributed by atoms with van der Waals surface area (Å²) in [4.78, 5) is 26.0. The summed E-state index contributed by atoms with van der Waals surface area (Å²) in [6.45, 7) is 5.80. The van der Waals surface area contributed by atoms with Crippen LogP contribution in [-0.4, -0.2) is 49.4 Å². The van der Waals surface area contributed by atoms with Crippen molar-refractivity contribution in [3.63, 3.8) is 0 Å². The second-order valence-electron chi connectivity index (χ2n) is 5.62. The Morgan fingerprint density at radius 1 is 1.27 bits per heavy atom. The van der Waals surface area contributed by atoms with Gasteiger partial charge in [0.05, 0.1) is 11.8 Å². The zero-order valence-electron chi connectivity index (χ0n) is 13.1. The summed E-state index contributed by atoms with van der Waals surface area (Å²) in [5, 5.41) is 6.22. The number of carbonyl (C=O) groups excluding carboxylic acids is 2. The van der Waals surface area contributed by atoms with Gasteiger partial charge in [-0.2, -0.15) is 0 Å². The van der Waals surface area contributed by atoms with E-state index in [0.717, 1.165) is 32.4 Å². The van der Waals surface area contributed by atoms with Gasteiger partial charge in [-0.15, -0.1) is 0 Å². The van der Waals surface area contributed by atoms with Gasteiger partial charge >= 0.3 is 0 Å². The first-order chi connectivity index (χ1) is 10.7. The van der Waals surface area contributed by atoms with E-state index in [1.165, 1.54) is 12.5 Å². The van der Waals surface area contributed by atoms with Gasteiger partial charge in [-0.05, 0) is 31.9 Å². The molecule has 1 saturated heterocycles. The summed E-state index contributed by atoms with van der Waals surface area (Å²) in [5.74, 6) is 0.102. The molecule has 0 radical (unpaired) electrons. The van der Waals surface area contributed by atoms with E-state index in [-0.39, 0.29) is 17.7 Å². The van der Waals surface area contributed by atoms with E-state index in [1.807, 2.05) is 0 Å². The minimum Gasteiger partial charge on any atom is -0.472 e. The molecule has 6 nitrogen and oxygen atoms in total. The van der Waals surface area contributed by atoms with E-state index in [4.69, 9.17) is 4.42 Å². The first kappa shape index (κ1) is 16.5. The second kappa shape index (κ2) is 8.58. The highest BCUT2D eigenvalue weighted by molar-refractivity contribution is 5.94. The van der Waals surface area contributed by atoms with Gasteiger partial charge in [0.15, 0.2) is 0 Å². The van der Waals surface area contributed by atoms with Gasteiger partial charge in [0.25, 0.3) is 5.91 Å². The van der Waals surface area contributed by atoms with Crippen LogP contribution in [0.1, 0.15) is 36.5 Å². The van der Waals surface area contributed by atoms with Crippen molar-refractivity contribution in [2.45, 2.75) is 26.2 Å². The number of piperidine rings is 1. The van der Waals surface area contributed by atoms with Crippen LogP contribution in [0.3, 0.4) is 0 Å². The van der Waals surface area contributed by atoms with E-state index in [1.54, 1.807) is 11.0 Å². The third kappa shape index (κ3) is 4.59. The van der Waals surface area contributed by atoms with Gasteiger partial charge in [-0.3, -0.25) is 9.59 Å². The number of carbonyl (C=O) groups is 2. The Hall–Kier alpha value is -1.82. The second-order valence-corrected chi connectivity index (χ2v) is 5.62. The summed E-state index contributed by atoms with van der Waals surface area (Å²) < 4.78 is 4.94. The predicted octanol–water partition coefficient (Wildman–Crippen LogP) is 1.25. The molecule has 0 atom stereocenters. The van der Waals surface area contributed by atoms with E-state index in [0.29, 0.717) is 25.2 Å².